The molecule has 2 aromatic carbocycles. The number of rotatable bonds is 1. The molecule has 0 fully saturated rings. The van der Waals surface area contributed by atoms with Gasteiger partial charge in [-0.2, -0.15) is 4.98 Å². The Hall–Kier alpha value is -2.29. The molecule has 0 amide bonds. The number of nitrogens with two attached hydrogens (primary N) is 1. The molecular formula is C14H12N2O. The number of nitrogen functional groups attached to an aromatic ring is 1. The maximum Gasteiger partial charge on any atom is 0.292 e. The van der Waals surface area contributed by atoms with Crippen LogP contribution in [-0.2, 0) is 0 Å². The highest BCUT2D eigenvalue weighted by Gasteiger charge is 2.04. The quantitative estimate of drug-likeness (QED) is 0.689. The van der Waals surface area contributed by atoms with Crippen molar-refractivity contribution < 1.29 is 4.42 Å². The first kappa shape index (κ1) is 9.90. The number of benzene rings is 2. The molecule has 1 aromatic heterocycles. The third-order valence-corrected chi connectivity index (χ3v) is 2.79. The predicted octanol–water partition coefficient (Wildman–Crippen LogP) is 3.39. The van der Waals surface area contributed by atoms with Crippen LogP contribution in [0.15, 0.2) is 46.9 Å². The normalized spacial score (nSPS) is 10.9. The third-order valence-electron chi connectivity index (χ3n) is 2.79. The standard InChI is InChI=1S/C14H12N2O/c1-9-2-4-10(5-3-9)11-6-7-13-12(8-11)16-14(15)17-13/h2-8H,1H3,(H2,15,16). The Morgan fingerprint density at radius 1 is 1.00 bits per heavy atom. The van der Waals surface area contributed by atoms with Gasteiger partial charge in [-0.05, 0) is 30.2 Å². The Morgan fingerprint density at radius 2 is 1.71 bits per heavy atom. The number of fused-ring (bicyclic) bond motifs is 1. The fourth-order valence-corrected chi connectivity index (χ4v) is 1.87. The van der Waals surface area contributed by atoms with Gasteiger partial charge >= 0.3 is 0 Å². The topological polar surface area (TPSA) is 52.0 Å². The second-order valence-corrected chi connectivity index (χ2v) is 4.10. The number of hydrogen-bond donors (Lipinski definition) is 1. The van der Waals surface area contributed by atoms with E-state index in [1.807, 2.05) is 18.2 Å². The van der Waals surface area contributed by atoms with Gasteiger partial charge in [-0.15, -0.1) is 0 Å². The molecule has 0 aliphatic heterocycles. The molecule has 3 heteroatoms. The van der Waals surface area contributed by atoms with E-state index in [-0.39, 0.29) is 6.01 Å². The van der Waals surface area contributed by atoms with Crippen LogP contribution in [0.25, 0.3) is 22.2 Å². The molecule has 17 heavy (non-hydrogen) atoms. The average molecular weight is 224 g/mol. The minimum Gasteiger partial charge on any atom is -0.424 e. The summed E-state index contributed by atoms with van der Waals surface area (Å²) in [7, 11) is 0. The van der Waals surface area contributed by atoms with E-state index >= 15 is 0 Å². The van der Waals surface area contributed by atoms with Crippen LogP contribution in [0.3, 0.4) is 0 Å². The lowest BCUT2D eigenvalue weighted by Crippen LogP contribution is -1.81. The molecule has 0 atom stereocenters. The molecule has 3 rings (SSSR count). The van der Waals surface area contributed by atoms with Crippen LogP contribution in [-0.4, -0.2) is 4.98 Å². The van der Waals surface area contributed by atoms with Crippen LogP contribution in [0.1, 0.15) is 5.56 Å². The van der Waals surface area contributed by atoms with Crippen LogP contribution in [0, 0.1) is 6.92 Å². The minimum atomic E-state index is 0.209. The van der Waals surface area contributed by atoms with Crippen molar-refractivity contribution in [3.63, 3.8) is 0 Å². The zero-order chi connectivity index (χ0) is 11.8. The monoisotopic (exact) mass is 224 g/mol. The Bertz CT molecular complexity index is 668. The molecule has 0 saturated carbocycles. The lowest BCUT2D eigenvalue weighted by Gasteiger charge is -2.01. The van der Waals surface area contributed by atoms with E-state index in [1.54, 1.807) is 0 Å². The Kier molecular flexibility index (Phi) is 2.11. The van der Waals surface area contributed by atoms with Crippen molar-refractivity contribution >= 4 is 17.1 Å². The molecule has 0 bridgehead atoms. The average Bonchev–Trinajstić information content (AvgIpc) is 2.69. The number of aryl methyl sites for hydroxylation is 1. The summed E-state index contributed by atoms with van der Waals surface area (Å²) in [5.41, 5.74) is 10.6. The number of anilines is 1. The largest absolute Gasteiger partial charge is 0.424 e. The minimum absolute atomic E-state index is 0.209. The summed E-state index contributed by atoms with van der Waals surface area (Å²) < 4.78 is 5.24. The number of nitrogens with zero attached hydrogens (tertiary/aromatic N) is 1. The van der Waals surface area contributed by atoms with Gasteiger partial charge in [-0.1, -0.05) is 35.9 Å². The number of oxazole rings is 1. The van der Waals surface area contributed by atoms with E-state index in [4.69, 9.17) is 10.2 Å². The van der Waals surface area contributed by atoms with Crippen LogP contribution in [0.4, 0.5) is 6.01 Å². The van der Waals surface area contributed by atoms with Crippen LogP contribution in [0.2, 0.25) is 0 Å². The van der Waals surface area contributed by atoms with Crippen LogP contribution >= 0.6 is 0 Å². The van der Waals surface area contributed by atoms with E-state index in [0.29, 0.717) is 0 Å². The maximum absolute atomic E-state index is 5.52. The zero-order valence-electron chi connectivity index (χ0n) is 9.47. The van der Waals surface area contributed by atoms with Crippen molar-refractivity contribution in [2.24, 2.45) is 0 Å². The molecule has 1 heterocycles. The van der Waals surface area contributed by atoms with Crippen molar-refractivity contribution in [1.82, 2.24) is 4.98 Å². The summed E-state index contributed by atoms with van der Waals surface area (Å²) in [6.07, 6.45) is 0. The summed E-state index contributed by atoms with van der Waals surface area (Å²) >= 11 is 0. The highest BCUT2D eigenvalue weighted by atomic mass is 16.4. The van der Waals surface area contributed by atoms with Crippen molar-refractivity contribution in [3.05, 3.63) is 48.0 Å². The van der Waals surface area contributed by atoms with Gasteiger partial charge in [0.15, 0.2) is 5.58 Å². The van der Waals surface area contributed by atoms with E-state index < -0.39 is 0 Å². The van der Waals surface area contributed by atoms with E-state index in [0.717, 1.165) is 16.7 Å². The first-order valence-corrected chi connectivity index (χ1v) is 5.45. The van der Waals surface area contributed by atoms with Gasteiger partial charge in [0.25, 0.3) is 6.01 Å². The Balaban J connectivity index is 2.13. The first-order chi connectivity index (χ1) is 8.22. The summed E-state index contributed by atoms with van der Waals surface area (Å²) in [6.45, 7) is 2.07. The van der Waals surface area contributed by atoms with Gasteiger partial charge in [0.1, 0.15) is 5.52 Å². The Labute approximate surface area is 98.9 Å². The third kappa shape index (κ3) is 1.76. The first-order valence-electron chi connectivity index (χ1n) is 5.45. The highest BCUT2D eigenvalue weighted by Crippen LogP contribution is 2.25. The van der Waals surface area contributed by atoms with Gasteiger partial charge in [-0.25, -0.2) is 0 Å². The Morgan fingerprint density at radius 3 is 2.47 bits per heavy atom. The zero-order valence-corrected chi connectivity index (χ0v) is 9.47. The molecule has 84 valence electrons. The molecule has 3 nitrogen and oxygen atoms in total. The number of aromatic nitrogens is 1. The van der Waals surface area contributed by atoms with Gasteiger partial charge < -0.3 is 10.2 Å². The second-order valence-electron chi connectivity index (χ2n) is 4.10. The molecule has 0 aliphatic rings. The SMILES string of the molecule is Cc1ccc(-c2ccc3oc(N)nc3c2)cc1. The maximum atomic E-state index is 5.52. The summed E-state index contributed by atoms with van der Waals surface area (Å²) in [5.74, 6) is 0. The van der Waals surface area contributed by atoms with Gasteiger partial charge in [0.2, 0.25) is 0 Å². The number of hydrogen-bond acceptors (Lipinski definition) is 3. The van der Waals surface area contributed by atoms with E-state index in [1.165, 1.54) is 11.1 Å². The lowest BCUT2D eigenvalue weighted by atomic mass is 10.0. The second kappa shape index (κ2) is 3.63. The molecule has 0 saturated heterocycles. The molecule has 3 aromatic rings. The smallest absolute Gasteiger partial charge is 0.292 e. The highest BCUT2D eigenvalue weighted by molar-refractivity contribution is 5.81. The van der Waals surface area contributed by atoms with Crippen molar-refractivity contribution in [3.8, 4) is 11.1 Å². The van der Waals surface area contributed by atoms with E-state index in [9.17, 15) is 0 Å². The van der Waals surface area contributed by atoms with Gasteiger partial charge in [-0.3, -0.25) is 0 Å². The molecule has 0 radical (unpaired) electrons. The fraction of sp³-hybridized carbons (Fsp3) is 0.0714. The fourth-order valence-electron chi connectivity index (χ4n) is 1.87. The van der Waals surface area contributed by atoms with Crippen LogP contribution < -0.4 is 5.73 Å². The molecular weight excluding hydrogens is 212 g/mol. The van der Waals surface area contributed by atoms with Gasteiger partial charge in [0, 0.05) is 0 Å². The molecule has 0 unspecified atom stereocenters. The van der Waals surface area contributed by atoms with Crippen molar-refractivity contribution in [2.45, 2.75) is 6.92 Å². The summed E-state index contributed by atoms with van der Waals surface area (Å²) in [4.78, 5) is 4.13. The molecule has 0 spiro atoms. The summed E-state index contributed by atoms with van der Waals surface area (Å²) in [5, 5.41) is 0. The predicted molar refractivity (Wildman–Crippen MR) is 68.6 cm³/mol. The van der Waals surface area contributed by atoms with Gasteiger partial charge in [0.05, 0.1) is 0 Å². The van der Waals surface area contributed by atoms with Crippen molar-refractivity contribution in [2.75, 3.05) is 5.73 Å². The lowest BCUT2D eigenvalue weighted by molar-refractivity contribution is 0.626. The van der Waals surface area contributed by atoms with Crippen LogP contribution in [0.5, 0.6) is 0 Å². The van der Waals surface area contributed by atoms with Crippen molar-refractivity contribution in [1.29, 1.82) is 0 Å². The summed E-state index contributed by atoms with van der Waals surface area (Å²) in [6, 6.07) is 14.5. The molecule has 2 N–H and O–H groups in total. The molecule has 0 aliphatic carbocycles. The van der Waals surface area contributed by atoms with E-state index in [2.05, 4.69) is 36.2 Å².